The first-order chi connectivity index (χ1) is 10.5. The van der Waals surface area contributed by atoms with Crippen molar-refractivity contribution in [3.05, 3.63) is 22.5 Å². The van der Waals surface area contributed by atoms with Crippen molar-refractivity contribution in [1.82, 2.24) is 14.8 Å². The molecule has 1 aliphatic rings. The van der Waals surface area contributed by atoms with E-state index in [4.69, 9.17) is 0 Å². The van der Waals surface area contributed by atoms with E-state index in [1.807, 2.05) is 0 Å². The number of hydrogen-bond donors (Lipinski definition) is 1. The van der Waals surface area contributed by atoms with E-state index >= 15 is 0 Å². The normalized spacial score (nSPS) is 21.7. The van der Waals surface area contributed by atoms with Gasteiger partial charge in [-0.25, -0.2) is 8.78 Å². The number of aliphatic hydroxyl groups is 1. The maximum atomic E-state index is 13.2. The Morgan fingerprint density at radius 3 is 2.65 bits per heavy atom. The van der Waals surface area contributed by atoms with Gasteiger partial charge in [-0.3, -0.25) is 19.6 Å². The summed E-state index contributed by atoms with van der Waals surface area (Å²) in [6, 6.07) is 0. The second-order valence-electron chi connectivity index (χ2n) is 5.77. The topological polar surface area (TPSA) is 114 Å². The highest BCUT2D eigenvalue weighted by Gasteiger charge is 2.54. The minimum absolute atomic E-state index is 0.170. The van der Waals surface area contributed by atoms with Crippen LogP contribution in [-0.4, -0.2) is 48.6 Å². The molecule has 0 radical (unpaired) electrons. The van der Waals surface area contributed by atoms with E-state index in [-0.39, 0.29) is 11.4 Å². The molecule has 0 unspecified atom stereocenters. The first-order valence-corrected chi connectivity index (χ1v) is 6.59. The van der Waals surface area contributed by atoms with Gasteiger partial charge in [0, 0.05) is 12.1 Å². The Morgan fingerprint density at radius 2 is 2.17 bits per heavy atom. The number of alkyl halides is 2. The molecule has 1 aromatic rings. The third-order valence-corrected chi connectivity index (χ3v) is 3.57. The smallest absolute Gasteiger partial charge is 0.307 e. The lowest BCUT2D eigenvalue weighted by atomic mass is 10.0. The average molecular weight is 331 g/mol. The van der Waals surface area contributed by atoms with Crippen LogP contribution in [0, 0.1) is 10.1 Å². The molecule has 23 heavy (non-hydrogen) atoms. The summed E-state index contributed by atoms with van der Waals surface area (Å²) in [7, 11) is 0. The van der Waals surface area contributed by atoms with Gasteiger partial charge in [0.25, 0.3) is 12.3 Å². The predicted octanol–water partition coefficient (Wildman–Crippen LogP) is 1.09. The van der Waals surface area contributed by atoms with Crippen molar-refractivity contribution in [2.75, 3.05) is 0 Å². The Hall–Kier alpha value is -2.43. The van der Waals surface area contributed by atoms with Gasteiger partial charge in [0.05, 0.1) is 4.92 Å². The van der Waals surface area contributed by atoms with Gasteiger partial charge in [-0.1, -0.05) is 0 Å². The fourth-order valence-electron chi connectivity index (χ4n) is 2.21. The first kappa shape index (κ1) is 16.9. The molecule has 0 saturated carbocycles. The quantitative estimate of drug-likeness (QED) is 0.655. The molecule has 0 bridgehead atoms. The van der Waals surface area contributed by atoms with Crippen LogP contribution < -0.4 is 0 Å². The highest BCUT2D eigenvalue weighted by atomic mass is 19.3. The molecule has 2 heterocycles. The van der Waals surface area contributed by atoms with Gasteiger partial charge >= 0.3 is 5.69 Å². The molecule has 1 aliphatic heterocycles. The van der Waals surface area contributed by atoms with Gasteiger partial charge in [0.15, 0.2) is 0 Å². The Labute approximate surface area is 129 Å². The third kappa shape index (κ3) is 2.67. The predicted molar refractivity (Wildman–Crippen MR) is 73.7 cm³/mol. The molecule has 1 N–H and O–H groups in total. The average Bonchev–Trinajstić information content (AvgIpc) is 3.03. The zero-order valence-corrected chi connectivity index (χ0v) is 12.6. The number of rotatable bonds is 4. The van der Waals surface area contributed by atoms with E-state index in [2.05, 4.69) is 10.2 Å². The van der Waals surface area contributed by atoms with Crippen LogP contribution in [0.4, 0.5) is 14.5 Å². The Balaban J connectivity index is 2.38. The molecule has 9 nitrogen and oxygen atoms in total. The highest BCUT2D eigenvalue weighted by Crippen LogP contribution is 2.34. The summed E-state index contributed by atoms with van der Waals surface area (Å²) < 4.78 is 27.3. The summed E-state index contributed by atoms with van der Waals surface area (Å²) in [5, 5.41) is 28.5. The first-order valence-electron chi connectivity index (χ1n) is 6.59. The van der Waals surface area contributed by atoms with Gasteiger partial charge < -0.3 is 5.11 Å². The van der Waals surface area contributed by atoms with Crippen LogP contribution in [0.2, 0.25) is 0 Å². The highest BCUT2D eigenvalue weighted by molar-refractivity contribution is 5.91. The maximum absolute atomic E-state index is 13.2. The third-order valence-electron chi connectivity index (χ3n) is 3.57. The number of carbonyl (C=O) groups excluding carboxylic acids is 1. The van der Waals surface area contributed by atoms with E-state index in [0.29, 0.717) is 5.01 Å². The lowest BCUT2D eigenvalue weighted by Crippen LogP contribution is -2.57. The summed E-state index contributed by atoms with van der Waals surface area (Å²) in [4.78, 5) is 22.6. The van der Waals surface area contributed by atoms with E-state index < -0.39 is 34.9 Å². The zero-order valence-electron chi connectivity index (χ0n) is 12.6. The van der Waals surface area contributed by atoms with Gasteiger partial charge in [-0.2, -0.15) is 15.2 Å². The monoisotopic (exact) mass is 331 g/mol. The zero-order chi connectivity index (χ0) is 17.6. The molecule has 0 spiro atoms. The number of hydrazone groups is 1. The number of amides is 1. The molecular weight excluding hydrogens is 316 g/mol. The summed E-state index contributed by atoms with van der Waals surface area (Å²) in [5.74, 6) is -0.963. The molecule has 2 rings (SSSR count). The molecule has 1 atom stereocenters. The van der Waals surface area contributed by atoms with Gasteiger partial charge in [0.1, 0.15) is 17.9 Å². The molecule has 0 saturated heterocycles. The lowest BCUT2D eigenvalue weighted by molar-refractivity contribution is -0.385. The lowest BCUT2D eigenvalue weighted by Gasteiger charge is -2.35. The Kier molecular flexibility index (Phi) is 3.93. The van der Waals surface area contributed by atoms with Crippen molar-refractivity contribution in [1.29, 1.82) is 0 Å². The summed E-state index contributed by atoms with van der Waals surface area (Å²) in [6.45, 7) is 4.08. The van der Waals surface area contributed by atoms with E-state index in [0.717, 1.165) is 17.1 Å². The molecule has 1 aromatic heterocycles. The minimum atomic E-state index is -3.23. The number of nitro groups is 1. The molecule has 0 aliphatic carbocycles. The van der Waals surface area contributed by atoms with Crippen LogP contribution in [0.1, 0.15) is 27.2 Å². The molecule has 11 heteroatoms. The van der Waals surface area contributed by atoms with Gasteiger partial charge in [-0.15, -0.1) is 0 Å². The Bertz CT molecular complexity index is 687. The SMILES string of the molecule is CC1=NN(C(=O)C(C)(C)n2cc([N+](=O)[O-])cn2)[C@@](O)(C(F)F)C1. The molecule has 126 valence electrons. The summed E-state index contributed by atoms with van der Waals surface area (Å²) >= 11 is 0. The van der Waals surface area contributed by atoms with Crippen LogP contribution >= 0.6 is 0 Å². The molecule has 1 amide bonds. The van der Waals surface area contributed by atoms with Crippen molar-refractivity contribution < 1.29 is 23.6 Å². The summed E-state index contributed by atoms with van der Waals surface area (Å²) in [5.41, 5.74) is -4.48. The number of halogens is 2. The second-order valence-corrected chi connectivity index (χ2v) is 5.77. The standard InChI is InChI=1S/C12H15F2N5O4/c1-7-4-12(21,9(13)14)18(16-7)10(20)11(2,3)17-6-8(5-15-17)19(22)23/h5-6,9,21H,4H2,1-3H3/t12-/m0/s1. The van der Waals surface area contributed by atoms with Crippen LogP contribution in [0.25, 0.3) is 0 Å². The fraction of sp³-hybridized carbons (Fsp3) is 0.583. The van der Waals surface area contributed by atoms with Crippen molar-refractivity contribution in [3.63, 3.8) is 0 Å². The van der Waals surface area contributed by atoms with Crippen LogP contribution in [0.3, 0.4) is 0 Å². The number of aromatic nitrogens is 2. The number of carbonyl (C=O) groups is 1. The van der Waals surface area contributed by atoms with Crippen molar-refractivity contribution in [2.45, 2.75) is 44.9 Å². The van der Waals surface area contributed by atoms with Gasteiger partial charge in [-0.05, 0) is 20.8 Å². The molecular formula is C12H15F2N5O4. The van der Waals surface area contributed by atoms with E-state index in [1.54, 1.807) is 0 Å². The van der Waals surface area contributed by atoms with E-state index in [9.17, 15) is 28.8 Å². The molecule has 0 aromatic carbocycles. The molecule has 0 fully saturated rings. The van der Waals surface area contributed by atoms with E-state index in [1.165, 1.54) is 20.8 Å². The van der Waals surface area contributed by atoms with Crippen molar-refractivity contribution in [3.8, 4) is 0 Å². The Morgan fingerprint density at radius 1 is 1.57 bits per heavy atom. The van der Waals surface area contributed by atoms with Crippen molar-refractivity contribution in [2.24, 2.45) is 5.10 Å². The number of nitrogens with zero attached hydrogens (tertiary/aromatic N) is 5. The van der Waals surface area contributed by atoms with Crippen molar-refractivity contribution >= 4 is 17.3 Å². The largest absolute Gasteiger partial charge is 0.364 e. The minimum Gasteiger partial charge on any atom is -0.364 e. The van der Waals surface area contributed by atoms with Gasteiger partial charge in [0.2, 0.25) is 5.72 Å². The maximum Gasteiger partial charge on any atom is 0.307 e. The number of hydrogen-bond acceptors (Lipinski definition) is 6. The fourth-order valence-corrected chi connectivity index (χ4v) is 2.21. The van der Waals surface area contributed by atoms with Crippen LogP contribution in [0.5, 0.6) is 0 Å². The second kappa shape index (κ2) is 5.33. The summed E-state index contributed by atoms with van der Waals surface area (Å²) in [6.07, 6.45) is -1.76. The van der Waals surface area contributed by atoms with Crippen LogP contribution in [-0.2, 0) is 10.3 Å². The van der Waals surface area contributed by atoms with Crippen LogP contribution in [0.15, 0.2) is 17.5 Å².